The van der Waals surface area contributed by atoms with Crippen LogP contribution in [0, 0.1) is 6.92 Å². The molecule has 1 nitrogen and oxygen atoms in total. The maximum absolute atomic E-state index is 12.7. The Balaban J connectivity index is 2.21. The van der Waals surface area contributed by atoms with Gasteiger partial charge in [0.1, 0.15) is 0 Å². The van der Waals surface area contributed by atoms with E-state index in [0.717, 1.165) is 23.8 Å². The lowest BCUT2D eigenvalue weighted by atomic mass is 10.1. The second-order valence-corrected chi connectivity index (χ2v) is 6.13. The number of thioether (sulfide) groups is 1. The largest absolute Gasteiger partial charge is 0.416 e. The molecule has 1 aliphatic rings. The topological polar surface area (TPSA) is 12.0 Å². The Kier molecular flexibility index (Phi) is 3.80. The van der Waals surface area contributed by atoms with E-state index in [1.54, 1.807) is 0 Å². The van der Waals surface area contributed by atoms with Crippen molar-refractivity contribution in [3.8, 4) is 0 Å². The summed E-state index contributed by atoms with van der Waals surface area (Å²) in [6, 6.07) is 4.13. The van der Waals surface area contributed by atoms with Crippen LogP contribution in [-0.4, -0.2) is 17.0 Å². The van der Waals surface area contributed by atoms with Crippen LogP contribution < -0.4 is 5.32 Å². The number of alkyl halides is 3. The van der Waals surface area contributed by atoms with Crippen molar-refractivity contribution in [1.82, 2.24) is 0 Å². The zero-order valence-corrected chi connectivity index (χ0v) is 11.2. The second kappa shape index (κ2) is 5.03. The van der Waals surface area contributed by atoms with Crippen LogP contribution in [0.2, 0.25) is 0 Å². The summed E-state index contributed by atoms with van der Waals surface area (Å²) in [5.74, 6) is 1.07. The van der Waals surface area contributed by atoms with E-state index in [2.05, 4.69) is 12.2 Å². The van der Waals surface area contributed by atoms with Crippen LogP contribution in [0.5, 0.6) is 0 Å². The molecule has 0 saturated carbocycles. The van der Waals surface area contributed by atoms with E-state index in [9.17, 15) is 13.2 Å². The highest BCUT2D eigenvalue weighted by Gasteiger charge is 2.31. The molecule has 0 aliphatic carbocycles. The van der Waals surface area contributed by atoms with E-state index in [1.807, 2.05) is 18.7 Å². The smallest absolute Gasteiger partial charge is 0.381 e. The van der Waals surface area contributed by atoms with Crippen molar-refractivity contribution in [2.45, 2.75) is 37.7 Å². The lowest BCUT2D eigenvalue weighted by molar-refractivity contribution is -0.137. The summed E-state index contributed by atoms with van der Waals surface area (Å²) in [5, 5.41) is 3.69. The molecule has 1 N–H and O–H groups in total. The molecule has 2 rings (SSSR count). The lowest BCUT2D eigenvalue weighted by Gasteiger charge is -2.20. The van der Waals surface area contributed by atoms with Crippen molar-refractivity contribution >= 4 is 17.4 Å². The molecule has 100 valence electrons. The van der Waals surface area contributed by atoms with Gasteiger partial charge >= 0.3 is 6.18 Å². The Labute approximate surface area is 109 Å². The second-order valence-electron chi connectivity index (χ2n) is 4.64. The van der Waals surface area contributed by atoms with Gasteiger partial charge in [0, 0.05) is 17.0 Å². The summed E-state index contributed by atoms with van der Waals surface area (Å²) in [5.41, 5.74) is 0.866. The Hall–Kier alpha value is -0.840. The molecule has 0 amide bonds. The average Bonchev–Trinajstić information content (AvgIpc) is 2.66. The third-order valence-corrected chi connectivity index (χ3v) is 4.61. The molecule has 0 spiro atoms. The number of aryl methyl sites for hydroxylation is 1. The van der Waals surface area contributed by atoms with Crippen molar-refractivity contribution in [1.29, 1.82) is 0 Å². The number of halogens is 3. The van der Waals surface area contributed by atoms with Gasteiger partial charge in [-0.05, 0) is 36.8 Å². The Bertz CT molecular complexity index is 431. The van der Waals surface area contributed by atoms with E-state index in [1.165, 1.54) is 12.1 Å². The molecule has 18 heavy (non-hydrogen) atoms. The lowest BCUT2D eigenvalue weighted by Crippen LogP contribution is -2.25. The minimum Gasteiger partial charge on any atom is -0.381 e. The first-order valence-electron chi connectivity index (χ1n) is 5.94. The number of hydrogen-bond donors (Lipinski definition) is 1. The molecule has 1 heterocycles. The first-order valence-corrected chi connectivity index (χ1v) is 6.99. The fraction of sp³-hybridized carbons (Fsp3) is 0.538. The predicted octanol–water partition coefficient (Wildman–Crippen LogP) is 4.32. The molecule has 1 aromatic rings. The number of nitrogens with one attached hydrogen (secondary N) is 1. The highest BCUT2D eigenvalue weighted by atomic mass is 32.2. The highest BCUT2D eigenvalue weighted by Crippen LogP contribution is 2.34. The van der Waals surface area contributed by atoms with Crippen LogP contribution in [0.1, 0.15) is 24.5 Å². The van der Waals surface area contributed by atoms with Gasteiger partial charge < -0.3 is 5.32 Å². The van der Waals surface area contributed by atoms with Crippen molar-refractivity contribution in [3.05, 3.63) is 29.3 Å². The van der Waals surface area contributed by atoms with Crippen LogP contribution in [0.25, 0.3) is 0 Å². The average molecular weight is 275 g/mol. The van der Waals surface area contributed by atoms with Gasteiger partial charge in [0.15, 0.2) is 0 Å². The standard InChI is InChI=1S/C13H16F3NS/c1-8-3-4-10(13(14,15)16)7-12(8)17-11-5-6-18-9(11)2/h3-4,7,9,11,17H,5-6H2,1-2H3. The molecule has 2 unspecified atom stereocenters. The summed E-state index contributed by atoms with van der Waals surface area (Å²) in [6.45, 7) is 3.94. The monoisotopic (exact) mass is 275 g/mol. The van der Waals surface area contributed by atoms with Crippen molar-refractivity contribution < 1.29 is 13.2 Å². The van der Waals surface area contributed by atoms with Crippen LogP contribution in [0.15, 0.2) is 18.2 Å². The van der Waals surface area contributed by atoms with Gasteiger partial charge in [-0.25, -0.2) is 0 Å². The summed E-state index contributed by atoms with van der Waals surface area (Å²) >= 11 is 1.86. The maximum atomic E-state index is 12.7. The molecule has 0 aromatic heterocycles. The highest BCUT2D eigenvalue weighted by molar-refractivity contribution is 8.00. The fourth-order valence-electron chi connectivity index (χ4n) is 2.07. The van der Waals surface area contributed by atoms with E-state index in [0.29, 0.717) is 10.9 Å². The maximum Gasteiger partial charge on any atom is 0.416 e. The Morgan fingerprint density at radius 3 is 2.61 bits per heavy atom. The van der Waals surface area contributed by atoms with E-state index < -0.39 is 11.7 Å². The summed E-state index contributed by atoms with van der Waals surface area (Å²) < 4.78 is 38.0. The zero-order chi connectivity index (χ0) is 13.3. The molecule has 1 saturated heterocycles. The van der Waals surface area contributed by atoms with Crippen LogP contribution in [-0.2, 0) is 6.18 Å². The van der Waals surface area contributed by atoms with Crippen LogP contribution in [0.3, 0.4) is 0 Å². The van der Waals surface area contributed by atoms with Gasteiger partial charge in [-0.15, -0.1) is 0 Å². The number of hydrogen-bond acceptors (Lipinski definition) is 2. The first kappa shape index (κ1) is 13.6. The fourth-order valence-corrected chi connectivity index (χ4v) is 3.27. The molecule has 1 fully saturated rings. The summed E-state index contributed by atoms with van der Waals surface area (Å²) in [6.07, 6.45) is -3.28. The minimum absolute atomic E-state index is 0.261. The quantitative estimate of drug-likeness (QED) is 0.862. The van der Waals surface area contributed by atoms with Crippen LogP contribution >= 0.6 is 11.8 Å². The van der Waals surface area contributed by atoms with Crippen molar-refractivity contribution in [3.63, 3.8) is 0 Å². The van der Waals surface area contributed by atoms with Gasteiger partial charge in [-0.2, -0.15) is 24.9 Å². The number of rotatable bonds is 2. The van der Waals surface area contributed by atoms with Gasteiger partial charge in [0.05, 0.1) is 5.56 Å². The number of anilines is 1. The molecule has 0 radical (unpaired) electrons. The van der Waals surface area contributed by atoms with Crippen molar-refractivity contribution in [2.24, 2.45) is 0 Å². The molecular formula is C13H16F3NS. The Morgan fingerprint density at radius 1 is 1.33 bits per heavy atom. The summed E-state index contributed by atoms with van der Waals surface area (Å²) in [7, 11) is 0. The van der Waals surface area contributed by atoms with Gasteiger partial charge in [0.2, 0.25) is 0 Å². The van der Waals surface area contributed by atoms with Gasteiger partial charge in [-0.1, -0.05) is 13.0 Å². The van der Waals surface area contributed by atoms with E-state index in [-0.39, 0.29) is 6.04 Å². The Morgan fingerprint density at radius 2 is 2.06 bits per heavy atom. The molecule has 5 heteroatoms. The number of benzene rings is 1. The molecule has 1 aliphatic heterocycles. The molecule has 0 bridgehead atoms. The van der Waals surface area contributed by atoms with Gasteiger partial charge in [0.25, 0.3) is 0 Å². The minimum atomic E-state index is -4.28. The van der Waals surface area contributed by atoms with E-state index >= 15 is 0 Å². The van der Waals surface area contributed by atoms with Crippen molar-refractivity contribution in [2.75, 3.05) is 11.1 Å². The molecule has 2 atom stereocenters. The summed E-state index contributed by atoms with van der Waals surface area (Å²) in [4.78, 5) is 0. The third kappa shape index (κ3) is 2.94. The molecular weight excluding hydrogens is 259 g/mol. The first-order chi connectivity index (χ1) is 8.38. The normalized spacial score (nSPS) is 24.3. The SMILES string of the molecule is Cc1ccc(C(F)(F)F)cc1NC1CCSC1C. The zero-order valence-electron chi connectivity index (χ0n) is 10.3. The third-order valence-electron chi connectivity index (χ3n) is 3.28. The van der Waals surface area contributed by atoms with E-state index in [4.69, 9.17) is 0 Å². The van der Waals surface area contributed by atoms with Gasteiger partial charge in [-0.3, -0.25) is 0 Å². The predicted molar refractivity (Wildman–Crippen MR) is 70.1 cm³/mol. The van der Waals surface area contributed by atoms with Crippen LogP contribution in [0.4, 0.5) is 18.9 Å². The molecule has 1 aromatic carbocycles.